The molecule has 0 spiro atoms. The lowest BCUT2D eigenvalue weighted by molar-refractivity contribution is 0.0697. The van der Waals surface area contributed by atoms with Gasteiger partial charge >= 0.3 is 5.97 Å². The molecule has 1 aliphatic rings. The molecule has 82 valence electrons. The molecule has 1 fully saturated rings. The molecule has 1 saturated carbocycles. The van der Waals surface area contributed by atoms with E-state index in [1.54, 1.807) is 6.07 Å². The third-order valence-corrected chi connectivity index (χ3v) is 2.64. The highest BCUT2D eigenvalue weighted by molar-refractivity contribution is 5.90. The van der Waals surface area contributed by atoms with Crippen molar-refractivity contribution < 1.29 is 9.90 Å². The summed E-state index contributed by atoms with van der Waals surface area (Å²) in [6, 6.07) is 4.59. The topological polar surface area (TPSA) is 53.7 Å². The number of hydrogen-bond donors (Lipinski definition) is 2. The van der Waals surface area contributed by atoms with E-state index in [9.17, 15) is 4.79 Å². The van der Waals surface area contributed by atoms with Crippen LogP contribution in [-0.2, 0) is 0 Å². The number of anilines is 1. The summed E-state index contributed by atoms with van der Waals surface area (Å²) < 4.78 is 0. The largest absolute Gasteiger partial charge is 0.478 e. The molecule has 0 atom stereocenters. The van der Waals surface area contributed by atoms with E-state index in [4.69, 9.17) is 11.7 Å². The van der Waals surface area contributed by atoms with E-state index < -0.39 is 5.97 Å². The predicted octanol–water partition coefficient (Wildman–Crippen LogP) is 2.76. The number of benzene rings is 1. The molecule has 2 rings (SSSR count). The Bertz CT molecular complexity index is 459. The lowest BCUT2D eigenvalue weighted by Crippen LogP contribution is -2.04. The molecule has 0 radical (unpaired) electrons. The summed E-state index contributed by atoms with van der Waals surface area (Å²) in [4.78, 5) is 14.1. The highest BCUT2D eigenvalue weighted by Crippen LogP contribution is 2.31. The molecule has 4 nitrogen and oxygen atoms in total. The Morgan fingerprint density at radius 1 is 1.56 bits per heavy atom. The molecule has 0 amide bonds. The summed E-state index contributed by atoms with van der Waals surface area (Å²) >= 11 is 0. The quantitative estimate of drug-likeness (QED) is 0.761. The van der Waals surface area contributed by atoms with Gasteiger partial charge in [-0.2, -0.15) is 0 Å². The minimum atomic E-state index is -1.00. The second-order valence-corrected chi connectivity index (χ2v) is 3.97. The van der Waals surface area contributed by atoms with Gasteiger partial charge in [-0.3, -0.25) is 0 Å². The third kappa shape index (κ3) is 2.31. The lowest BCUT2D eigenvalue weighted by atomic mass is 10.1. The molecule has 1 aromatic carbocycles. The number of nitrogens with one attached hydrogen (secondary N) is 1. The van der Waals surface area contributed by atoms with E-state index in [1.807, 2.05) is 0 Å². The van der Waals surface area contributed by atoms with Crippen molar-refractivity contribution >= 4 is 17.3 Å². The zero-order valence-electron chi connectivity index (χ0n) is 8.73. The SMILES string of the molecule is [C-]#[N+]c1cc(C(=O)O)ccc1NCC1CC1. The first-order chi connectivity index (χ1) is 7.70. The van der Waals surface area contributed by atoms with Crippen molar-refractivity contribution in [3.63, 3.8) is 0 Å². The Kier molecular flexibility index (Phi) is 2.78. The average Bonchev–Trinajstić information content (AvgIpc) is 3.09. The summed E-state index contributed by atoms with van der Waals surface area (Å²) in [5, 5.41) is 12.0. The van der Waals surface area contributed by atoms with Crippen LogP contribution in [0.5, 0.6) is 0 Å². The number of aromatic carboxylic acids is 1. The zero-order valence-corrected chi connectivity index (χ0v) is 8.73. The second-order valence-electron chi connectivity index (χ2n) is 3.97. The van der Waals surface area contributed by atoms with Gasteiger partial charge in [0.15, 0.2) is 0 Å². The van der Waals surface area contributed by atoms with E-state index in [2.05, 4.69) is 10.2 Å². The summed E-state index contributed by atoms with van der Waals surface area (Å²) in [6.45, 7) is 7.89. The van der Waals surface area contributed by atoms with Crippen LogP contribution < -0.4 is 5.32 Å². The van der Waals surface area contributed by atoms with Crippen LogP contribution in [0.3, 0.4) is 0 Å². The first-order valence-corrected chi connectivity index (χ1v) is 5.19. The summed E-state index contributed by atoms with van der Waals surface area (Å²) in [5.41, 5.74) is 1.26. The number of carboxylic acid groups (broad SMARTS) is 1. The maximum absolute atomic E-state index is 10.7. The van der Waals surface area contributed by atoms with Crippen molar-refractivity contribution in [2.75, 3.05) is 11.9 Å². The van der Waals surface area contributed by atoms with E-state index in [0.29, 0.717) is 5.69 Å². The van der Waals surface area contributed by atoms with Gasteiger partial charge < -0.3 is 10.4 Å². The van der Waals surface area contributed by atoms with Crippen LogP contribution in [0.4, 0.5) is 11.4 Å². The monoisotopic (exact) mass is 216 g/mol. The molecule has 16 heavy (non-hydrogen) atoms. The van der Waals surface area contributed by atoms with Gasteiger partial charge in [0.1, 0.15) is 0 Å². The Labute approximate surface area is 93.7 Å². The number of nitrogens with zero attached hydrogens (tertiary/aromatic N) is 1. The molecule has 0 bridgehead atoms. The van der Waals surface area contributed by atoms with Crippen LogP contribution in [0.25, 0.3) is 4.85 Å². The van der Waals surface area contributed by atoms with E-state index >= 15 is 0 Å². The molecule has 4 heteroatoms. The van der Waals surface area contributed by atoms with Crippen LogP contribution in [-0.4, -0.2) is 17.6 Å². The minimum absolute atomic E-state index is 0.156. The number of rotatable bonds is 4. The molecule has 0 unspecified atom stereocenters. The van der Waals surface area contributed by atoms with E-state index in [0.717, 1.165) is 18.2 Å². The number of carbonyl (C=O) groups is 1. The number of carboxylic acids is 1. The maximum atomic E-state index is 10.7. The lowest BCUT2D eigenvalue weighted by Gasteiger charge is -2.08. The fourth-order valence-electron chi connectivity index (χ4n) is 1.48. The van der Waals surface area contributed by atoms with Crippen molar-refractivity contribution in [1.82, 2.24) is 0 Å². The van der Waals surface area contributed by atoms with Gasteiger partial charge in [-0.25, -0.2) is 9.64 Å². The normalized spacial score (nSPS) is 14.2. The Hall–Kier alpha value is -2.02. The molecule has 2 N–H and O–H groups in total. The Morgan fingerprint density at radius 2 is 2.31 bits per heavy atom. The van der Waals surface area contributed by atoms with E-state index in [1.165, 1.54) is 25.0 Å². The highest BCUT2D eigenvalue weighted by Gasteiger charge is 2.21. The van der Waals surface area contributed by atoms with Gasteiger partial charge in [0, 0.05) is 17.8 Å². The molecule has 1 aromatic rings. The van der Waals surface area contributed by atoms with Crippen molar-refractivity contribution in [2.24, 2.45) is 5.92 Å². The summed E-state index contributed by atoms with van der Waals surface area (Å²) in [5.74, 6) is -0.281. The molecular formula is C12H12N2O2. The second kappa shape index (κ2) is 4.23. The third-order valence-electron chi connectivity index (χ3n) is 2.64. The Balaban J connectivity index is 2.17. The maximum Gasteiger partial charge on any atom is 0.334 e. The van der Waals surface area contributed by atoms with Crippen molar-refractivity contribution in [1.29, 1.82) is 0 Å². The van der Waals surface area contributed by atoms with Gasteiger partial charge in [-0.1, -0.05) is 0 Å². The van der Waals surface area contributed by atoms with Crippen LogP contribution >= 0.6 is 0 Å². The smallest absolute Gasteiger partial charge is 0.334 e. The average molecular weight is 216 g/mol. The first kappa shape index (κ1) is 10.5. The van der Waals surface area contributed by atoms with Gasteiger partial charge in [-0.05, 0) is 37.0 Å². The van der Waals surface area contributed by atoms with E-state index in [-0.39, 0.29) is 5.56 Å². The molecule has 0 saturated heterocycles. The van der Waals surface area contributed by atoms with Crippen molar-refractivity contribution in [2.45, 2.75) is 12.8 Å². The van der Waals surface area contributed by atoms with Gasteiger partial charge in [0.05, 0.1) is 6.57 Å². The molecular weight excluding hydrogens is 204 g/mol. The minimum Gasteiger partial charge on any atom is -0.478 e. The predicted molar refractivity (Wildman–Crippen MR) is 60.9 cm³/mol. The molecule has 0 heterocycles. The number of hydrogen-bond acceptors (Lipinski definition) is 2. The van der Waals surface area contributed by atoms with Gasteiger partial charge in [0.2, 0.25) is 5.69 Å². The molecule has 0 aromatic heterocycles. The first-order valence-electron chi connectivity index (χ1n) is 5.19. The molecule has 0 aliphatic heterocycles. The van der Waals surface area contributed by atoms with Crippen LogP contribution in [0, 0.1) is 12.5 Å². The fourth-order valence-corrected chi connectivity index (χ4v) is 1.48. The van der Waals surface area contributed by atoms with Crippen molar-refractivity contribution in [3.8, 4) is 0 Å². The highest BCUT2D eigenvalue weighted by atomic mass is 16.4. The molecule has 1 aliphatic carbocycles. The zero-order chi connectivity index (χ0) is 11.5. The standard InChI is InChI=1S/C12H12N2O2/c1-13-11-6-9(12(15)16)4-5-10(11)14-7-8-2-3-8/h4-6,8,14H,2-3,7H2,(H,15,16). The van der Waals surface area contributed by atoms with Crippen LogP contribution in [0.1, 0.15) is 23.2 Å². The van der Waals surface area contributed by atoms with Gasteiger partial charge in [-0.15, -0.1) is 0 Å². The fraction of sp³-hybridized carbons (Fsp3) is 0.333. The van der Waals surface area contributed by atoms with Crippen molar-refractivity contribution in [3.05, 3.63) is 35.2 Å². The Morgan fingerprint density at radius 3 is 2.88 bits per heavy atom. The van der Waals surface area contributed by atoms with Crippen LogP contribution in [0.15, 0.2) is 18.2 Å². The van der Waals surface area contributed by atoms with Crippen LogP contribution in [0.2, 0.25) is 0 Å². The van der Waals surface area contributed by atoms with Gasteiger partial charge in [0.25, 0.3) is 0 Å². The summed E-state index contributed by atoms with van der Waals surface area (Å²) in [6.07, 6.45) is 2.49. The summed E-state index contributed by atoms with van der Waals surface area (Å²) in [7, 11) is 0.